The quantitative estimate of drug-likeness (QED) is 0.621. The number of fused-ring (bicyclic) bond motifs is 1. The number of carbonyl (C=O) groups excluding carboxylic acids is 1. The maximum absolute atomic E-state index is 13.3. The van der Waals surface area contributed by atoms with E-state index in [0.717, 1.165) is 47.2 Å². The number of benzene rings is 3. The summed E-state index contributed by atoms with van der Waals surface area (Å²) in [6, 6.07) is 22.3. The molecule has 1 saturated heterocycles. The standard InChI is InChI=1S/C25H29N3O2/c1-27(2)21-14-12-19(13-15-21)17-28(18-22-9-6-16-30-22)25(29)26-24-11-5-8-20-7-3-4-10-23(20)24/h3-5,7-8,10-15,22H,6,9,16-18H2,1-2H3,(H,26,29)/t22-/m1/s1. The minimum atomic E-state index is -0.0986. The van der Waals surface area contributed by atoms with E-state index in [2.05, 4.69) is 46.6 Å². The molecule has 1 N–H and O–H groups in total. The number of hydrogen-bond donors (Lipinski definition) is 1. The highest BCUT2D eigenvalue weighted by Crippen LogP contribution is 2.24. The Morgan fingerprint density at radius 2 is 1.80 bits per heavy atom. The average molecular weight is 404 g/mol. The van der Waals surface area contributed by atoms with Crippen molar-refractivity contribution in [1.82, 2.24) is 4.90 Å². The molecule has 2 amide bonds. The summed E-state index contributed by atoms with van der Waals surface area (Å²) in [6.07, 6.45) is 2.16. The second kappa shape index (κ2) is 9.18. The predicted molar refractivity (Wildman–Crippen MR) is 123 cm³/mol. The predicted octanol–water partition coefficient (Wildman–Crippen LogP) is 5.12. The number of anilines is 2. The van der Waals surface area contributed by atoms with Crippen LogP contribution in [-0.4, -0.2) is 44.3 Å². The first-order valence-corrected chi connectivity index (χ1v) is 10.5. The lowest BCUT2D eigenvalue weighted by Crippen LogP contribution is -2.39. The Bertz CT molecular complexity index is 989. The maximum atomic E-state index is 13.3. The highest BCUT2D eigenvalue weighted by molar-refractivity contribution is 6.01. The second-order valence-electron chi connectivity index (χ2n) is 8.03. The molecule has 0 unspecified atom stereocenters. The van der Waals surface area contributed by atoms with E-state index in [9.17, 15) is 4.79 Å². The fraction of sp³-hybridized carbons (Fsp3) is 0.320. The molecule has 1 aliphatic rings. The van der Waals surface area contributed by atoms with Gasteiger partial charge in [-0.1, -0.05) is 48.5 Å². The van der Waals surface area contributed by atoms with E-state index in [-0.39, 0.29) is 12.1 Å². The largest absolute Gasteiger partial charge is 0.378 e. The van der Waals surface area contributed by atoms with E-state index in [4.69, 9.17) is 4.74 Å². The number of carbonyl (C=O) groups is 1. The van der Waals surface area contributed by atoms with Crippen LogP contribution >= 0.6 is 0 Å². The number of nitrogens with one attached hydrogen (secondary N) is 1. The van der Waals surface area contributed by atoms with Crippen LogP contribution in [0, 0.1) is 0 Å². The van der Waals surface area contributed by atoms with Crippen LogP contribution in [0.15, 0.2) is 66.7 Å². The molecule has 5 nitrogen and oxygen atoms in total. The molecule has 0 aromatic heterocycles. The molecule has 0 saturated carbocycles. The summed E-state index contributed by atoms with van der Waals surface area (Å²) in [6.45, 7) is 1.91. The Morgan fingerprint density at radius 3 is 2.53 bits per heavy atom. The molecule has 4 rings (SSSR count). The zero-order valence-electron chi connectivity index (χ0n) is 17.7. The summed E-state index contributed by atoms with van der Waals surface area (Å²) < 4.78 is 5.81. The summed E-state index contributed by atoms with van der Waals surface area (Å²) in [7, 11) is 4.05. The molecule has 3 aromatic rings. The number of rotatable bonds is 6. The Morgan fingerprint density at radius 1 is 1.03 bits per heavy atom. The van der Waals surface area contributed by atoms with Gasteiger partial charge in [0.2, 0.25) is 0 Å². The first-order chi connectivity index (χ1) is 14.6. The van der Waals surface area contributed by atoms with Crippen molar-refractivity contribution in [3.05, 3.63) is 72.3 Å². The number of urea groups is 1. The molecule has 1 heterocycles. The number of nitrogens with zero attached hydrogens (tertiary/aromatic N) is 2. The van der Waals surface area contributed by atoms with Gasteiger partial charge in [0.25, 0.3) is 0 Å². The molecule has 1 fully saturated rings. The van der Waals surface area contributed by atoms with Gasteiger partial charge in [-0.3, -0.25) is 0 Å². The van der Waals surface area contributed by atoms with Gasteiger partial charge in [-0.05, 0) is 42.0 Å². The van der Waals surface area contributed by atoms with Crippen molar-refractivity contribution in [2.24, 2.45) is 0 Å². The monoisotopic (exact) mass is 403 g/mol. The summed E-state index contributed by atoms with van der Waals surface area (Å²) in [4.78, 5) is 17.2. The lowest BCUT2D eigenvalue weighted by atomic mass is 10.1. The van der Waals surface area contributed by atoms with Crippen LogP contribution < -0.4 is 10.2 Å². The Labute approximate surface area is 178 Å². The van der Waals surface area contributed by atoms with Crippen molar-refractivity contribution >= 4 is 28.2 Å². The van der Waals surface area contributed by atoms with Crippen molar-refractivity contribution < 1.29 is 9.53 Å². The van der Waals surface area contributed by atoms with E-state index >= 15 is 0 Å². The van der Waals surface area contributed by atoms with E-state index in [1.165, 1.54) is 0 Å². The zero-order chi connectivity index (χ0) is 20.9. The number of amides is 2. The fourth-order valence-corrected chi connectivity index (χ4v) is 3.90. The summed E-state index contributed by atoms with van der Waals surface area (Å²) in [5.41, 5.74) is 3.08. The van der Waals surface area contributed by atoms with Gasteiger partial charge in [-0.25, -0.2) is 4.79 Å². The summed E-state index contributed by atoms with van der Waals surface area (Å²) in [5.74, 6) is 0. The lowest BCUT2D eigenvalue weighted by Gasteiger charge is -2.26. The number of hydrogen-bond acceptors (Lipinski definition) is 3. The van der Waals surface area contributed by atoms with Crippen LogP contribution in [0.2, 0.25) is 0 Å². The van der Waals surface area contributed by atoms with Crippen LogP contribution in [0.4, 0.5) is 16.2 Å². The van der Waals surface area contributed by atoms with Gasteiger partial charge in [0.15, 0.2) is 0 Å². The van der Waals surface area contributed by atoms with E-state index in [0.29, 0.717) is 13.1 Å². The van der Waals surface area contributed by atoms with Crippen LogP contribution in [0.5, 0.6) is 0 Å². The van der Waals surface area contributed by atoms with E-state index < -0.39 is 0 Å². The molecular weight excluding hydrogens is 374 g/mol. The third-order valence-electron chi connectivity index (χ3n) is 5.59. The minimum Gasteiger partial charge on any atom is -0.378 e. The lowest BCUT2D eigenvalue weighted by molar-refractivity contribution is 0.0819. The van der Waals surface area contributed by atoms with Gasteiger partial charge in [-0.2, -0.15) is 0 Å². The summed E-state index contributed by atoms with van der Waals surface area (Å²) in [5, 5.41) is 5.29. The molecule has 5 heteroatoms. The zero-order valence-corrected chi connectivity index (χ0v) is 17.7. The molecule has 0 spiro atoms. The van der Waals surface area contributed by atoms with Gasteiger partial charge in [0.05, 0.1) is 11.8 Å². The SMILES string of the molecule is CN(C)c1ccc(CN(C[C@H]2CCCO2)C(=O)Nc2cccc3ccccc23)cc1. The minimum absolute atomic E-state index is 0.0986. The van der Waals surface area contributed by atoms with Gasteiger partial charge < -0.3 is 19.9 Å². The first kappa shape index (κ1) is 20.2. The third-order valence-corrected chi connectivity index (χ3v) is 5.59. The van der Waals surface area contributed by atoms with Gasteiger partial charge >= 0.3 is 6.03 Å². The van der Waals surface area contributed by atoms with E-state index in [1.807, 2.05) is 49.3 Å². The maximum Gasteiger partial charge on any atom is 0.322 e. The summed E-state index contributed by atoms with van der Waals surface area (Å²) >= 11 is 0. The molecule has 0 bridgehead atoms. The molecule has 0 aliphatic carbocycles. The van der Waals surface area contributed by atoms with Crippen molar-refractivity contribution in [2.75, 3.05) is 37.5 Å². The number of ether oxygens (including phenoxy) is 1. The Kier molecular flexibility index (Phi) is 6.19. The average Bonchev–Trinajstić information content (AvgIpc) is 3.27. The topological polar surface area (TPSA) is 44.8 Å². The van der Waals surface area contributed by atoms with Crippen LogP contribution in [0.1, 0.15) is 18.4 Å². The fourth-order valence-electron chi connectivity index (χ4n) is 3.90. The normalized spacial score (nSPS) is 15.9. The van der Waals surface area contributed by atoms with Crippen molar-refractivity contribution in [3.63, 3.8) is 0 Å². The van der Waals surface area contributed by atoms with Gasteiger partial charge in [-0.15, -0.1) is 0 Å². The molecule has 156 valence electrons. The smallest absolute Gasteiger partial charge is 0.322 e. The van der Waals surface area contributed by atoms with Crippen molar-refractivity contribution in [3.8, 4) is 0 Å². The second-order valence-corrected chi connectivity index (χ2v) is 8.03. The molecule has 0 radical (unpaired) electrons. The molecular formula is C25H29N3O2. The van der Waals surface area contributed by atoms with E-state index in [1.54, 1.807) is 0 Å². The van der Waals surface area contributed by atoms with Gasteiger partial charge in [0, 0.05) is 44.9 Å². The Balaban J connectivity index is 1.54. The first-order valence-electron chi connectivity index (χ1n) is 10.5. The highest BCUT2D eigenvalue weighted by atomic mass is 16.5. The van der Waals surface area contributed by atoms with Crippen molar-refractivity contribution in [1.29, 1.82) is 0 Å². The van der Waals surface area contributed by atoms with Crippen LogP contribution in [0.25, 0.3) is 10.8 Å². The highest BCUT2D eigenvalue weighted by Gasteiger charge is 2.23. The third kappa shape index (κ3) is 4.74. The molecule has 1 aliphatic heterocycles. The van der Waals surface area contributed by atoms with Crippen LogP contribution in [-0.2, 0) is 11.3 Å². The van der Waals surface area contributed by atoms with Crippen LogP contribution in [0.3, 0.4) is 0 Å². The molecule has 3 aromatic carbocycles. The molecule has 1 atom stereocenters. The molecule has 30 heavy (non-hydrogen) atoms. The Hall–Kier alpha value is -3.05. The van der Waals surface area contributed by atoms with Gasteiger partial charge in [0.1, 0.15) is 0 Å². The van der Waals surface area contributed by atoms with Crippen molar-refractivity contribution in [2.45, 2.75) is 25.5 Å².